The molecule has 118 valence electrons. The van der Waals surface area contributed by atoms with E-state index >= 15 is 0 Å². The maximum Gasteiger partial charge on any atom is 0.475 e. The molecule has 10 heteroatoms. The molecule has 1 saturated carbocycles. The molecular formula is C10H12F6O4. The van der Waals surface area contributed by atoms with Crippen molar-refractivity contribution in [1.29, 1.82) is 0 Å². The topological polar surface area (TPSA) is 36.9 Å². The molecule has 4 nitrogen and oxygen atoms in total. The van der Waals surface area contributed by atoms with E-state index in [9.17, 15) is 26.3 Å². The highest BCUT2D eigenvalue weighted by Crippen LogP contribution is 2.49. The second-order valence-corrected chi connectivity index (χ2v) is 4.70. The van der Waals surface area contributed by atoms with E-state index in [0.717, 1.165) is 6.42 Å². The summed E-state index contributed by atoms with van der Waals surface area (Å²) >= 11 is 0. The molecular weight excluding hydrogens is 298 g/mol. The summed E-state index contributed by atoms with van der Waals surface area (Å²) in [4.78, 5) is 8.58. The summed E-state index contributed by atoms with van der Waals surface area (Å²) in [5.74, 6) is -5.53. The Balaban J connectivity index is 2.14. The molecule has 1 aliphatic carbocycles. The van der Waals surface area contributed by atoms with Gasteiger partial charge in [-0.3, -0.25) is 4.74 Å². The Kier molecular flexibility index (Phi) is 3.95. The van der Waals surface area contributed by atoms with Crippen molar-refractivity contribution < 1.29 is 45.6 Å². The van der Waals surface area contributed by atoms with E-state index in [1.54, 1.807) is 0 Å². The van der Waals surface area contributed by atoms with Gasteiger partial charge in [-0.05, 0) is 12.8 Å². The molecule has 0 bridgehead atoms. The molecule has 1 saturated heterocycles. The third kappa shape index (κ3) is 3.18. The average Bonchev–Trinajstić information content (AvgIpc) is 2.67. The first-order valence-electron chi connectivity index (χ1n) is 5.92. The Bertz CT molecular complexity index is 349. The molecule has 0 radical (unpaired) electrons. The fraction of sp³-hybridized carbons (Fsp3) is 1.00. The summed E-state index contributed by atoms with van der Waals surface area (Å²) in [7, 11) is 0. The van der Waals surface area contributed by atoms with Crippen molar-refractivity contribution in [3.8, 4) is 0 Å². The van der Waals surface area contributed by atoms with E-state index in [2.05, 4.69) is 19.2 Å². The predicted molar refractivity (Wildman–Crippen MR) is 49.9 cm³/mol. The lowest BCUT2D eigenvalue weighted by Crippen LogP contribution is -2.52. The van der Waals surface area contributed by atoms with Gasteiger partial charge in [0, 0.05) is 12.8 Å². The first kappa shape index (κ1) is 15.8. The second-order valence-electron chi connectivity index (χ2n) is 4.70. The third-order valence-electron chi connectivity index (χ3n) is 3.01. The lowest BCUT2D eigenvalue weighted by atomic mass is 9.94. The van der Waals surface area contributed by atoms with Gasteiger partial charge in [0.15, 0.2) is 0 Å². The number of alkyl halides is 6. The van der Waals surface area contributed by atoms with Crippen LogP contribution in [0.25, 0.3) is 0 Å². The largest absolute Gasteiger partial charge is 0.475 e. The van der Waals surface area contributed by atoms with Crippen LogP contribution in [0.1, 0.15) is 32.1 Å². The van der Waals surface area contributed by atoms with Crippen LogP contribution in [0, 0.1) is 0 Å². The van der Waals surface area contributed by atoms with Crippen molar-refractivity contribution in [3.63, 3.8) is 0 Å². The molecule has 1 spiro atoms. The Morgan fingerprint density at radius 1 is 0.900 bits per heavy atom. The molecule has 0 aromatic carbocycles. The molecule has 20 heavy (non-hydrogen) atoms. The smallest absolute Gasteiger partial charge is 0.309 e. The van der Waals surface area contributed by atoms with Crippen LogP contribution in [-0.2, 0) is 19.2 Å². The minimum absolute atomic E-state index is 0.0974. The van der Waals surface area contributed by atoms with Crippen LogP contribution >= 0.6 is 0 Å². The Hall–Kier alpha value is -0.580. The zero-order valence-electron chi connectivity index (χ0n) is 10.1. The van der Waals surface area contributed by atoms with Crippen LogP contribution < -0.4 is 0 Å². The van der Waals surface area contributed by atoms with E-state index in [4.69, 9.17) is 0 Å². The van der Waals surface area contributed by atoms with Gasteiger partial charge in [-0.25, -0.2) is 0 Å². The number of ether oxygens (including phenoxy) is 2. The van der Waals surface area contributed by atoms with Gasteiger partial charge in [0.2, 0.25) is 5.79 Å². The summed E-state index contributed by atoms with van der Waals surface area (Å²) < 4.78 is 83.4. The minimum Gasteiger partial charge on any atom is -0.309 e. The van der Waals surface area contributed by atoms with E-state index in [-0.39, 0.29) is 12.8 Å². The molecule has 1 heterocycles. The van der Waals surface area contributed by atoms with Crippen LogP contribution in [-0.4, -0.2) is 30.7 Å². The van der Waals surface area contributed by atoms with E-state index < -0.39 is 30.7 Å². The zero-order valence-corrected chi connectivity index (χ0v) is 10.1. The van der Waals surface area contributed by atoms with Gasteiger partial charge in [-0.1, -0.05) is 6.42 Å². The van der Waals surface area contributed by atoms with Crippen LogP contribution in [0.3, 0.4) is 0 Å². The van der Waals surface area contributed by atoms with E-state index in [1.165, 1.54) is 0 Å². The maximum atomic E-state index is 12.9. The van der Waals surface area contributed by atoms with Gasteiger partial charge in [0.25, 0.3) is 0 Å². The Morgan fingerprint density at radius 3 is 2.00 bits per heavy atom. The zero-order chi connectivity index (χ0) is 15.1. The highest BCUT2D eigenvalue weighted by Gasteiger charge is 2.70. The first-order chi connectivity index (χ1) is 9.08. The standard InChI is InChI=1S/C10H12F6O4/c11-8(12,13)6-17-10(9(14,15)16)18-7(19-20-10)4-2-1-3-5-7/h1-6H2. The fourth-order valence-electron chi connectivity index (χ4n) is 2.10. The van der Waals surface area contributed by atoms with Gasteiger partial charge in [0.1, 0.15) is 6.61 Å². The highest BCUT2D eigenvalue weighted by atomic mass is 19.4. The molecule has 1 atom stereocenters. The molecule has 2 rings (SSSR count). The van der Waals surface area contributed by atoms with Crippen molar-refractivity contribution in [2.24, 2.45) is 0 Å². The molecule has 1 unspecified atom stereocenters. The quantitative estimate of drug-likeness (QED) is 0.578. The fourth-order valence-corrected chi connectivity index (χ4v) is 2.10. The summed E-state index contributed by atoms with van der Waals surface area (Å²) in [5.41, 5.74) is 0. The predicted octanol–water partition coefficient (Wildman–Crippen LogP) is 3.42. The summed E-state index contributed by atoms with van der Waals surface area (Å²) in [5, 5.41) is 0. The number of halogens is 6. The molecule has 1 aliphatic heterocycles. The lowest BCUT2D eigenvalue weighted by Gasteiger charge is -2.32. The van der Waals surface area contributed by atoms with Crippen LogP contribution in [0.4, 0.5) is 26.3 Å². The molecule has 0 aromatic rings. The van der Waals surface area contributed by atoms with E-state index in [0.29, 0.717) is 12.8 Å². The third-order valence-corrected chi connectivity index (χ3v) is 3.01. The van der Waals surface area contributed by atoms with Crippen molar-refractivity contribution >= 4 is 0 Å². The van der Waals surface area contributed by atoms with Gasteiger partial charge in [-0.2, -0.15) is 36.1 Å². The van der Waals surface area contributed by atoms with Gasteiger partial charge in [-0.15, -0.1) is 0 Å². The molecule has 0 N–H and O–H groups in total. The summed E-state index contributed by atoms with van der Waals surface area (Å²) in [6.45, 7) is -2.16. The highest BCUT2D eigenvalue weighted by molar-refractivity contribution is 4.83. The minimum atomic E-state index is -5.32. The van der Waals surface area contributed by atoms with Crippen LogP contribution in [0.2, 0.25) is 0 Å². The number of hydrogen-bond acceptors (Lipinski definition) is 4. The van der Waals surface area contributed by atoms with Crippen LogP contribution in [0.5, 0.6) is 0 Å². The first-order valence-corrected chi connectivity index (χ1v) is 5.92. The van der Waals surface area contributed by atoms with Gasteiger partial charge in [0.05, 0.1) is 0 Å². The number of hydrogen-bond donors (Lipinski definition) is 0. The number of rotatable bonds is 2. The van der Waals surface area contributed by atoms with Crippen LogP contribution in [0.15, 0.2) is 0 Å². The molecule has 0 amide bonds. The van der Waals surface area contributed by atoms with Gasteiger partial charge >= 0.3 is 18.3 Å². The van der Waals surface area contributed by atoms with E-state index in [1.807, 2.05) is 0 Å². The Morgan fingerprint density at radius 2 is 1.50 bits per heavy atom. The summed E-state index contributed by atoms with van der Waals surface area (Å²) in [6.07, 6.45) is -8.25. The maximum absolute atomic E-state index is 12.9. The Labute approximate surface area is 109 Å². The van der Waals surface area contributed by atoms with Gasteiger partial charge < -0.3 is 4.74 Å². The SMILES string of the molecule is FC(F)(F)COC1(C(F)(F)F)OOC2(CCCCC2)O1. The monoisotopic (exact) mass is 310 g/mol. The molecule has 2 aliphatic rings. The van der Waals surface area contributed by atoms with Crippen molar-refractivity contribution in [3.05, 3.63) is 0 Å². The van der Waals surface area contributed by atoms with Crippen molar-refractivity contribution in [2.75, 3.05) is 6.61 Å². The van der Waals surface area contributed by atoms with Crippen molar-refractivity contribution in [1.82, 2.24) is 0 Å². The average molecular weight is 310 g/mol. The molecule has 2 fully saturated rings. The normalized spacial score (nSPS) is 30.9. The lowest BCUT2D eigenvalue weighted by molar-refractivity contribution is -0.503. The van der Waals surface area contributed by atoms with Crippen molar-refractivity contribution in [2.45, 2.75) is 56.2 Å². The second kappa shape index (κ2) is 5.00. The molecule has 0 aromatic heterocycles. The summed E-state index contributed by atoms with van der Waals surface area (Å²) in [6, 6.07) is 0.